The van der Waals surface area contributed by atoms with Gasteiger partial charge in [-0.05, 0) is 19.8 Å². The Labute approximate surface area is 124 Å². The van der Waals surface area contributed by atoms with E-state index in [4.69, 9.17) is 4.74 Å². The van der Waals surface area contributed by atoms with Crippen LogP contribution in [-0.4, -0.2) is 41.2 Å². The van der Waals surface area contributed by atoms with E-state index in [-0.39, 0.29) is 23.5 Å². The van der Waals surface area contributed by atoms with Gasteiger partial charge in [-0.1, -0.05) is 13.8 Å². The maximum absolute atomic E-state index is 11.2. The van der Waals surface area contributed by atoms with Crippen LogP contribution in [-0.2, 0) is 4.74 Å². The molecular weight excluding hydrogens is 274 g/mol. The largest absolute Gasteiger partial charge is 0.380 e. The second-order valence-electron chi connectivity index (χ2n) is 4.99. The van der Waals surface area contributed by atoms with Crippen LogP contribution in [0.25, 0.3) is 0 Å². The third kappa shape index (κ3) is 4.52. The van der Waals surface area contributed by atoms with Crippen molar-refractivity contribution in [1.29, 1.82) is 0 Å². The first-order valence-electron chi connectivity index (χ1n) is 6.95. The molecule has 0 aliphatic carbocycles. The number of aryl methyl sites for hydroxylation is 1. The van der Waals surface area contributed by atoms with Crippen LogP contribution >= 0.6 is 0 Å². The Hall–Kier alpha value is -1.96. The van der Waals surface area contributed by atoms with E-state index in [1.165, 1.54) is 0 Å². The topological polar surface area (TPSA) is 102 Å². The molecule has 0 saturated heterocycles. The molecule has 0 radical (unpaired) electrons. The Balaban J connectivity index is 3.13. The Morgan fingerprint density at radius 3 is 2.52 bits per heavy atom. The monoisotopic (exact) mass is 297 g/mol. The molecule has 0 aromatic carbocycles. The molecule has 1 aromatic heterocycles. The lowest BCUT2D eigenvalue weighted by Crippen LogP contribution is -2.32. The van der Waals surface area contributed by atoms with Gasteiger partial charge in [0.1, 0.15) is 5.69 Å². The van der Waals surface area contributed by atoms with Crippen LogP contribution in [0.5, 0.6) is 0 Å². The van der Waals surface area contributed by atoms with Gasteiger partial charge in [-0.15, -0.1) is 0 Å². The Morgan fingerprint density at radius 2 is 2.05 bits per heavy atom. The van der Waals surface area contributed by atoms with Gasteiger partial charge in [-0.3, -0.25) is 10.1 Å². The summed E-state index contributed by atoms with van der Waals surface area (Å²) in [7, 11) is 1.67. The lowest BCUT2D eigenvalue weighted by atomic mass is 10.1. The number of anilines is 2. The zero-order chi connectivity index (χ0) is 16.0. The molecule has 0 saturated carbocycles. The summed E-state index contributed by atoms with van der Waals surface area (Å²) in [6.45, 7) is 8.61. The summed E-state index contributed by atoms with van der Waals surface area (Å²) in [6, 6.07) is -0.0670. The Kier molecular flexibility index (Phi) is 6.29. The lowest BCUT2D eigenvalue weighted by molar-refractivity contribution is -0.385. The van der Waals surface area contributed by atoms with Crippen LogP contribution in [0.1, 0.15) is 26.5 Å². The number of aromatic nitrogens is 2. The zero-order valence-corrected chi connectivity index (χ0v) is 13.1. The maximum atomic E-state index is 11.2. The fourth-order valence-electron chi connectivity index (χ4n) is 1.82. The normalized spacial score (nSPS) is 12.3. The van der Waals surface area contributed by atoms with Crippen LogP contribution in [0.3, 0.4) is 0 Å². The molecule has 1 heterocycles. The van der Waals surface area contributed by atoms with E-state index in [0.29, 0.717) is 24.9 Å². The summed E-state index contributed by atoms with van der Waals surface area (Å²) in [6.07, 6.45) is 0. The van der Waals surface area contributed by atoms with Crippen molar-refractivity contribution in [2.75, 3.05) is 30.9 Å². The fraction of sp³-hybridized carbons (Fsp3) is 0.692. The number of hydrogen-bond donors (Lipinski definition) is 2. The van der Waals surface area contributed by atoms with E-state index < -0.39 is 4.92 Å². The molecule has 21 heavy (non-hydrogen) atoms. The maximum Gasteiger partial charge on any atom is 0.332 e. The predicted molar refractivity (Wildman–Crippen MR) is 81.7 cm³/mol. The van der Waals surface area contributed by atoms with Gasteiger partial charge >= 0.3 is 5.69 Å². The minimum atomic E-state index is -0.463. The summed E-state index contributed by atoms with van der Waals surface area (Å²) >= 11 is 0. The van der Waals surface area contributed by atoms with E-state index in [0.717, 1.165) is 0 Å². The summed E-state index contributed by atoms with van der Waals surface area (Å²) in [5.41, 5.74) is 0.219. The summed E-state index contributed by atoms with van der Waals surface area (Å²) in [4.78, 5) is 19.0. The molecule has 1 rings (SSSR count). The third-order valence-electron chi connectivity index (χ3n) is 3.09. The first kappa shape index (κ1) is 17.1. The number of rotatable bonds is 8. The van der Waals surface area contributed by atoms with E-state index in [1.54, 1.807) is 14.0 Å². The molecule has 1 aromatic rings. The highest BCUT2D eigenvalue weighted by Crippen LogP contribution is 2.27. The fourth-order valence-corrected chi connectivity index (χ4v) is 1.82. The van der Waals surface area contributed by atoms with Gasteiger partial charge in [0.05, 0.1) is 17.6 Å². The van der Waals surface area contributed by atoms with Crippen molar-refractivity contribution in [2.45, 2.75) is 33.7 Å². The van der Waals surface area contributed by atoms with Crippen LogP contribution in [0, 0.1) is 23.0 Å². The SMILES string of the molecule is CCOCC(Nc1nc(NC)nc(C)c1[N+](=O)[O-])C(C)C. The second-order valence-corrected chi connectivity index (χ2v) is 4.99. The molecule has 8 nitrogen and oxygen atoms in total. The molecule has 0 aliphatic heterocycles. The molecule has 0 bridgehead atoms. The van der Waals surface area contributed by atoms with Crippen LogP contribution in [0.4, 0.5) is 17.5 Å². The summed E-state index contributed by atoms with van der Waals surface area (Å²) in [5, 5.41) is 17.2. The number of ether oxygens (including phenoxy) is 1. The van der Waals surface area contributed by atoms with Gasteiger partial charge in [0.2, 0.25) is 11.8 Å². The van der Waals surface area contributed by atoms with Gasteiger partial charge in [-0.25, -0.2) is 4.98 Å². The smallest absolute Gasteiger partial charge is 0.332 e. The van der Waals surface area contributed by atoms with E-state index in [2.05, 4.69) is 20.6 Å². The summed E-state index contributed by atoms with van der Waals surface area (Å²) < 4.78 is 5.42. The average molecular weight is 297 g/mol. The third-order valence-corrected chi connectivity index (χ3v) is 3.09. The molecule has 1 atom stereocenters. The molecule has 1 unspecified atom stereocenters. The van der Waals surface area contributed by atoms with Crippen molar-refractivity contribution in [3.63, 3.8) is 0 Å². The second kappa shape index (κ2) is 7.72. The summed E-state index contributed by atoms with van der Waals surface area (Å²) in [5.74, 6) is 0.805. The highest BCUT2D eigenvalue weighted by Gasteiger charge is 2.25. The molecule has 8 heteroatoms. The van der Waals surface area contributed by atoms with Gasteiger partial charge in [0.15, 0.2) is 0 Å². The number of nitro groups is 1. The van der Waals surface area contributed by atoms with Gasteiger partial charge in [-0.2, -0.15) is 4.98 Å². The molecule has 0 fully saturated rings. The van der Waals surface area contributed by atoms with Crippen molar-refractivity contribution in [3.8, 4) is 0 Å². The van der Waals surface area contributed by atoms with Crippen LogP contribution in [0.15, 0.2) is 0 Å². The minimum Gasteiger partial charge on any atom is -0.380 e. The van der Waals surface area contributed by atoms with Crippen LogP contribution < -0.4 is 10.6 Å². The predicted octanol–water partition coefficient (Wildman–Crippen LogP) is 2.21. The zero-order valence-electron chi connectivity index (χ0n) is 13.1. The molecular formula is C13H23N5O3. The molecule has 0 aliphatic rings. The van der Waals surface area contributed by atoms with Crippen molar-refractivity contribution in [3.05, 3.63) is 15.8 Å². The molecule has 0 amide bonds. The highest BCUT2D eigenvalue weighted by atomic mass is 16.6. The van der Waals surface area contributed by atoms with Crippen molar-refractivity contribution >= 4 is 17.5 Å². The van der Waals surface area contributed by atoms with Crippen molar-refractivity contribution < 1.29 is 9.66 Å². The first-order chi connectivity index (χ1) is 9.90. The number of nitrogens with one attached hydrogen (secondary N) is 2. The van der Waals surface area contributed by atoms with E-state index in [1.807, 2.05) is 20.8 Å². The number of hydrogen-bond acceptors (Lipinski definition) is 7. The lowest BCUT2D eigenvalue weighted by Gasteiger charge is -2.22. The average Bonchev–Trinajstić information content (AvgIpc) is 2.41. The van der Waals surface area contributed by atoms with Crippen molar-refractivity contribution in [2.24, 2.45) is 5.92 Å². The Bertz CT molecular complexity index is 493. The molecule has 2 N–H and O–H groups in total. The first-order valence-corrected chi connectivity index (χ1v) is 6.95. The minimum absolute atomic E-state index is 0.0670. The number of nitrogens with zero attached hydrogens (tertiary/aromatic N) is 3. The standard InChI is InChI=1S/C13H23N5O3/c1-6-21-7-10(8(2)3)16-12-11(18(19)20)9(4)15-13(14-5)17-12/h8,10H,6-7H2,1-5H3,(H2,14,15,16,17). The molecule has 118 valence electrons. The van der Waals surface area contributed by atoms with E-state index in [9.17, 15) is 10.1 Å². The highest BCUT2D eigenvalue weighted by molar-refractivity contribution is 5.61. The molecule has 0 spiro atoms. The van der Waals surface area contributed by atoms with Crippen LogP contribution in [0.2, 0.25) is 0 Å². The van der Waals surface area contributed by atoms with Gasteiger partial charge in [0, 0.05) is 13.7 Å². The van der Waals surface area contributed by atoms with Crippen molar-refractivity contribution in [1.82, 2.24) is 9.97 Å². The Morgan fingerprint density at radius 1 is 1.38 bits per heavy atom. The van der Waals surface area contributed by atoms with E-state index >= 15 is 0 Å². The van der Waals surface area contributed by atoms with Gasteiger partial charge < -0.3 is 15.4 Å². The van der Waals surface area contributed by atoms with Gasteiger partial charge in [0.25, 0.3) is 0 Å². The quantitative estimate of drug-likeness (QED) is 0.560.